The van der Waals surface area contributed by atoms with Crippen molar-refractivity contribution in [3.05, 3.63) is 76.4 Å². The number of aromatic nitrogens is 1. The largest absolute Gasteiger partial charge is 0.493 e. The summed E-state index contributed by atoms with van der Waals surface area (Å²) >= 11 is 0. The summed E-state index contributed by atoms with van der Waals surface area (Å²) in [7, 11) is 1.61. The van der Waals surface area contributed by atoms with Gasteiger partial charge < -0.3 is 19.3 Å². The van der Waals surface area contributed by atoms with E-state index >= 15 is 0 Å². The zero-order chi connectivity index (χ0) is 19.2. The van der Waals surface area contributed by atoms with Gasteiger partial charge in [-0.1, -0.05) is 29.4 Å². The Kier molecular flexibility index (Phi) is 6.08. The molecule has 0 aliphatic rings. The second-order valence-corrected chi connectivity index (χ2v) is 6.27. The minimum atomic E-state index is -0.203. The molecule has 0 amide bonds. The van der Waals surface area contributed by atoms with Crippen LogP contribution in [0.25, 0.3) is 0 Å². The molecule has 1 N–H and O–H groups in total. The molecule has 0 spiro atoms. The zero-order valence-electron chi connectivity index (χ0n) is 15.7. The van der Waals surface area contributed by atoms with Crippen LogP contribution in [-0.4, -0.2) is 12.3 Å². The lowest BCUT2D eigenvalue weighted by Crippen LogP contribution is -2.13. The number of ether oxygens (including phenoxy) is 2. The Bertz CT molecular complexity index is 889. The van der Waals surface area contributed by atoms with E-state index in [1.165, 1.54) is 6.07 Å². The highest BCUT2D eigenvalue weighted by atomic mass is 19.1. The van der Waals surface area contributed by atoms with E-state index < -0.39 is 0 Å². The third kappa shape index (κ3) is 4.65. The van der Waals surface area contributed by atoms with Crippen molar-refractivity contribution in [2.45, 2.75) is 33.5 Å². The van der Waals surface area contributed by atoms with Gasteiger partial charge in [-0.2, -0.15) is 0 Å². The van der Waals surface area contributed by atoms with Crippen molar-refractivity contribution in [3.63, 3.8) is 0 Å². The summed E-state index contributed by atoms with van der Waals surface area (Å²) in [5, 5.41) is 7.17. The number of rotatable bonds is 8. The summed E-state index contributed by atoms with van der Waals surface area (Å²) in [6.07, 6.45) is 0. The first kappa shape index (κ1) is 18.9. The molecule has 0 atom stereocenters. The number of halogens is 1. The average Bonchev–Trinajstić information content (AvgIpc) is 3.00. The number of hydrogen-bond donors (Lipinski definition) is 1. The molecule has 5 nitrogen and oxygen atoms in total. The highest BCUT2D eigenvalue weighted by molar-refractivity contribution is 5.43. The fourth-order valence-electron chi connectivity index (χ4n) is 2.78. The van der Waals surface area contributed by atoms with Gasteiger partial charge in [-0.3, -0.25) is 0 Å². The summed E-state index contributed by atoms with van der Waals surface area (Å²) in [5.74, 6) is 1.84. The van der Waals surface area contributed by atoms with E-state index in [-0.39, 0.29) is 5.82 Å². The second kappa shape index (κ2) is 8.68. The molecule has 0 saturated carbocycles. The molecule has 3 aromatic rings. The SMILES string of the molecule is COc1cc(CNCc2ccccc2F)ccc1OCc1c(C)noc1C. The molecular formula is C21H23FN2O3. The predicted molar refractivity (Wildman–Crippen MR) is 100 cm³/mol. The molecule has 6 heteroatoms. The fraction of sp³-hybridized carbons (Fsp3) is 0.286. The van der Waals surface area contributed by atoms with Crippen LogP contribution in [-0.2, 0) is 19.7 Å². The van der Waals surface area contributed by atoms with Crippen molar-refractivity contribution in [2.24, 2.45) is 0 Å². The Labute approximate surface area is 158 Å². The Hall–Kier alpha value is -2.86. The summed E-state index contributed by atoms with van der Waals surface area (Å²) < 4.78 is 30.1. The topological polar surface area (TPSA) is 56.5 Å². The van der Waals surface area contributed by atoms with Crippen molar-refractivity contribution in [1.29, 1.82) is 0 Å². The maximum atomic E-state index is 13.7. The van der Waals surface area contributed by atoms with Crippen LogP contribution in [0.5, 0.6) is 11.5 Å². The summed E-state index contributed by atoms with van der Waals surface area (Å²) in [5.41, 5.74) is 3.42. The molecule has 0 saturated heterocycles. The summed E-state index contributed by atoms with van der Waals surface area (Å²) in [6.45, 7) is 5.16. The lowest BCUT2D eigenvalue weighted by molar-refractivity contribution is 0.281. The van der Waals surface area contributed by atoms with Crippen LogP contribution >= 0.6 is 0 Å². The highest BCUT2D eigenvalue weighted by Crippen LogP contribution is 2.29. The van der Waals surface area contributed by atoms with E-state index in [9.17, 15) is 4.39 Å². The van der Waals surface area contributed by atoms with Crippen molar-refractivity contribution < 1.29 is 18.4 Å². The number of nitrogens with zero attached hydrogens (tertiary/aromatic N) is 1. The third-order valence-electron chi connectivity index (χ3n) is 4.38. The molecule has 0 fully saturated rings. The zero-order valence-corrected chi connectivity index (χ0v) is 15.7. The van der Waals surface area contributed by atoms with E-state index in [0.29, 0.717) is 36.8 Å². The number of methoxy groups -OCH3 is 1. The van der Waals surface area contributed by atoms with Gasteiger partial charge in [0.2, 0.25) is 0 Å². The van der Waals surface area contributed by atoms with Gasteiger partial charge >= 0.3 is 0 Å². The molecule has 27 heavy (non-hydrogen) atoms. The molecule has 0 aliphatic heterocycles. The minimum absolute atomic E-state index is 0.203. The first-order valence-corrected chi connectivity index (χ1v) is 8.74. The average molecular weight is 370 g/mol. The first-order valence-electron chi connectivity index (χ1n) is 8.74. The van der Waals surface area contributed by atoms with Crippen molar-refractivity contribution in [1.82, 2.24) is 10.5 Å². The molecule has 142 valence electrons. The number of benzene rings is 2. The molecule has 0 aliphatic carbocycles. The molecule has 1 heterocycles. The van der Waals surface area contributed by atoms with Crippen LogP contribution in [0.1, 0.15) is 28.1 Å². The predicted octanol–water partition coefficient (Wildman–Crippen LogP) is 4.31. The molecule has 2 aromatic carbocycles. The number of hydrogen-bond acceptors (Lipinski definition) is 5. The normalized spacial score (nSPS) is 10.8. The van der Waals surface area contributed by atoms with Gasteiger partial charge in [-0.15, -0.1) is 0 Å². The molecule has 0 unspecified atom stereocenters. The van der Waals surface area contributed by atoms with Gasteiger partial charge in [-0.25, -0.2) is 4.39 Å². The first-order chi connectivity index (χ1) is 13.1. The van der Waals surface area contributed by atoms with Gasteiger partial charge in [0.15, 0.2) is 11.5 Å². The van der Waals surface area contributed by atoms with Gasteiger partial charge in [0.05, 0.1) is 18.4 Å². The van der Waals surface area contributed by atoms with Crippen molar-refractivity contribution >= 4 is 0 Å². The lowest BCUT2D eigenvalue weighted by atomic mass is 10.1. The Morgan fingerprint density at radius 2 is 1.89 bits per heavy atom. The van der Waals surface area contributed by atoms with E-state index in [1.54, 1.807) is 19.2 Å². The smallest absolute Gasteiger partial charge is 0.161 e. The third-order valence-corrected chi connectivity index (χ3v) is 4.38. The molecule has 0 bridgehead atoms. The fourth-order valence-corrected chi connectivity index (χ4v) is 2.78. The van der Waals surface area contributed by atoms with Crippen molar-refractivity contribution in [2.75, 3.05) is 7.11 Å². The monoisotopic (exact) mass is 370 g/mol. The highest BCUT2D eigenvalue weighted by Gasteiger charge is 2.12. The van der Waals surface area contributed by atoms with Crippen LogP contribution in [0.2, 0.25) is 0 Å². The number of aryl methyl sites for hydroxylation is 2. The van der Waals surface area contributed by atoms with Gasteiger partial charge in [-0.05, 0) is 37.6 Å². The molecule has 0 radical (unpaired) electrons. The van der Waals surface area contributed by atoms with E-state index in [1.807, 2.05) is 38.1 Å². The van der Waals surface area contributed by atoms with Crippen LogP contribution in [0, 0.1) is 19.7 Å². The maximum Gasteiger partial charge on any atom is 0.161 e. The van der Waals surface area contributed by atoms with Crippen LogP contribution < -0.4 is 14.8 Å². The standard InChI is InChI=1S/C21H23FN2O3/c1-14-18(15(2)27-24-14)13-26-20-9-8-16(10-21(20)25-3)11-23-12-17-6-4-5-7-19(17)22/h4-10,23H,11-13H2,1-3H3. The van der Waals surface area contributed by atoms with E-state index in [2.05, 4.69) is 10.5 Å². The van der Waals surface area contributed by atoms with Gasteiger partial charge in [0.1, 0.15) is 18.2 Å². The Balaban J connectivity index is 1.61. The second-order valence-electron chi connectivity index (χ2n) is 6.27. The van der Waals surface area contributed by atoms with E-state index in [0.717, 1.165) is 22.6 Å². The van der Waals surface area contributed by atoms with Gasteiger partial charge in [0.25, 0.3) is 0 Å². The molecule has 3 rings (SSSR count). The minimum Gasteiger partial charge on any atom is -0.493 e. The Morgan fingerprint density at radius 1 is 1.07 bits per heavy atom. The van der Waals surface area contributed by atoms with Crippen LogP contribution in [0.3, 0.4) is 0 Å². The van der Waals surface area contributed by atoms with Crippen molar-refractivity contribution in [3.8, 4) is 11.5 Å². The summed E-state index contributed by atoms with van der Waals surface area (Å²) in [6, 6.07) is 12.5. The van der Waals surface area contributed by atoms with Crippen LogP contribution in [0.15, 0.2) is 47.0 Å². The van der Waals surface area contributed by atoms with Gasteiger partial charge in [0, 0.05) is 18.7 Å². The maximum absolute atomic E-state index is 13.7. The number of nitrogens with one attached hydrogen (secondary N) is 1. The molecule has 1 aromatic heterocycles. The quantitative estimate of drug-likeness (QED) is 0.640. The Morgan fingerprint density at radius 3 is 2.59 bits per heavy atom. The summed E-state index contributed by atoms with van der Waals surface area (Å²) in [4.78, 5) is 0. The lowest BCUT2D eigenvalue weighted by Gasteiger charge is -2.13. The van der Waals surface area contributed by atoms with Crippen LogP contribution in [0.4, 0.5) is 4.39 Å². The molecular weight excluding hydrogens is 347 g/mol. The van der Waals surface area contributed by atoms with E-state index in [4.69, 9.17) is 14.0 Å².